The number of rotatable bonds is 5. The van der Waals surface area contributed by atoms with Gasteiger partial charge in [0.1, 0.15) is 5.78 Å². The van der Waals surface area contributed by atoms with Crippen LogP contribution < -0.4 is 16.4 Å². The van der Waals surface area contributed by atoms with Crippen molar-refractivity contribution in [3.8, 4) is 0 Å². The first-order chi connectivity index (χ1) is 12.6. The van der Waals surface area contributed by atoms with Gasteiger partial charge in [-0.15, -0.1) is 0 Å². The van der Waals surface area contributed by atoms with Gasteiger partial charge in [0.05, 0.1) is 12.1 Å². The SMILES string of the molecule is CC(=O)[C@H]1C[C@H](N)CC[C@@H]1NC(=O)CNC(=O)c1cccc(C(F)(F)F)c1. The van der Waals surface area contributed by atoms with Crippen LogP contribution in [0.1, 0.15) is 42.1 Å². The van der Waals surface area contributed by atoms with Crippen LogP contribution in [0.5, 0.6) is 0 Å². The molecule has 0 saturated heterocycles. The Morgan fingerprint density at radius 2 is 1.93 bits per heavy atom. The second-order valence-electron chi connectivity index (χ2n) is 6.73. The van der Waals surface area contributed by atoms with Gasteiger partial charge in [-0.3, -0.25) is 14.4 Å². The van der Waals surface area contributed by atoms with Gasteiger partial charge in [0.25, 0.3) is 5.91 Å². The number of carbonyl (C=O) groups is 3. The third-order valence-corrected chi connectivity index (χ3v) is 4.62. The second kappa shape index (κ2) is 8.51. The average Bonchev–Trinajstić information content (AvgIpc) is 2.60. The van der Waals surface area contributed by atoms with Crippen LogP contribution in [0, 0.1) is 5.92 Å². The molecule has 0 bridgehead atoms. The molecule has 4 N–H and O–H groups in total. The topological polar surface area (TPSA) is 101 Å². The van der Waals surface area contributed by atoms with E-state index in [-0.39, 0.29) is 29.3 Å². The zero-order chi connectivity index (χ0) is 20.2. The maximum atomic E-state index is 12.7. The van der Waals surface area contributed by atoms with E-state index in [0.29, 0.717) is 19.3 Å². The summed E-state index contributed by atoms with van der Waals surface area (Å²) in [5.74, 6) is -1.74. The van der Waals surface area contributed by atoms with Crippen molar-refractivity contribution in [1.82, 2.24) is 10.6 Å². The third kappa shape index (κ3) is 5.78. The number of carbonyl (C=O) groups excluding carboxylic acids is 3. The molecule has 1 aliphatic carbocycles. The molecular formula is C18H22F3N3O3. The number of nitrogens with two attached hydrogens (primary N) is 1. The largest absolute Gasteiger partial charge is 0.416 e. The Labute approximate surface area is 154 Å². The van der Waals surface area contributed by atoms with E-state index < -0.39 is 30.1 Å². The molecule has 0 heterocycles. The normalized spacial score (nSPS) is 22.8. The van der Waals surface area contributed by atoms with Gasteiger partial charge in [0.15, 0.2) is 0 Å². The van der Waals surface area contributed by atoms with Crippen LogP contribution in [-0.2, 0) is 15.8 Å². The van der Waals surface area contributed by atoms with Crippen molar-refractivity contribution in [2.45, 2.75) is 44.4 Å². The standard InChI is InChI=1S/C18H22F3N3O3/c1-10(25)14-8-13(22)5-6-15(14)24-16(26)9-23-17(27)11-3-2-4-12(7-11)18(19,20)21/h2-4,7,13-15H,5-6,8-9,22H2,1H3,(H,23,27)(H,24,26)/t13-,14-,15+/m1/s1. The fourth-order valence-corrected chi connectivity index (χ4v) is 3.18. The van der Waals surface area contributed by atoms with Gasteiger partial charge in [-0.05, 0) is 44.4 Å². The molecule has 2 amide bonds. The van der Waals surface area contributed by atoms with Crippen molar-refractivity contribution in [3.63, 3.8) is 0 Å². The molecule has 0 aromatic heterocycles. The Kier molecular flexibility index (Phi) is 6.59. The molecule has 2 rings (SSSR count). The fourth-order valence-electron chi connectivity index (χ4n) is 3.18. The highest BCUT2D eigenvalue weighted by Gasteiger charge is 2.33. The summed E-state index contributed by atoms with van der Waals surface area (Å²) in [6.45, 7) is 1.04. The fraction of sp³-hybridized carbons (Fsp3) is 0.500. The average molecular weight is 385 g/mol. The van der Waals surface area contributed by atoms with Crippen LogP contribution >= 0.6 is 0 Å². The Balaban J connectivity index is 1.91. The predicted molar refractivity (Wildman–Crippen MR) is 91.7 cm³/mol. The molecule has 0 spiro atoms. The zero-order valence-electron chi connectivity index (χ0n) is 14.8. The number of nitrogens with one attached hydrogen (secondary N) is 2. The van der Waals surface area contributed by atoms with Gasteiger partial charge >= 0.3 is 6.18 Å². The summed E-state index contributed by atoms with van der Waals surface area (Å²) in [5.41, 5.74) is 4.73. The lowest BCUT2D eigenvalue weighted by molar-refractivity contribution is -0.137. The monoisotopic (exact) mass is 385 g/mol. The molecule has 6 nitrogen and oxygen atoms in total. The highest BCUT2D eigenvalue weighted by molar-refractivity contribution is 5.96. The maximum Gasteiger partial charge on any atom is 0.416 e. The van der Waals surface area contributed by atoms with Gasteiger partial charge in [-0.25, -0.2) is 0 Å². The van der Waals surface area contributed by atoms with Crippen molar-refractivity contribution in [2.24, 2.45) is 11.7 Å². The molecule has 0 unspecified atom stereocenters. The van der Waals surface area contributed by atoms with E-state index >= 15 is 0 Å². The molecule has 3 atom stereocenters. The van der Waals surface area contributed by atoms with Crippen LogP contribution in [0.25, 0.3) is 0 Å². The quantitative estimate of drug-likeness (QED) is 0.717. The predicted octanol–water partition coefficient (Wildman–Crippen LogP) is 1.64. The lowest BCUT2D eigenvalue weighted by atomic mass is 9.80. The number of amides is 2. The Bertz CT molecular complexity index is 721. The summed E-state index contributed by atoms with van der Waals surface area (Å²) in [4.78, 5) is 35.8. The van der Waals surface area contributed by atoms with E-state index in [0.717, 1.165) is 18.2 Å². The number of halogens is 3. The zero-order valence-corrected chi connectivity index (χ0v) is 14.8. The molecule has 1 aromatic rings. The Morgan fingerprint density at radius 1 is 1.22 bits per heavy atom. The third-order valence-electron chi connectivity index (χ3n) is 4.62. The van der Waals surface area contributed by atoms with Crippen molar-refractivity contribution >= 4 is 17.6 Å². The van der Waals surface area contributed by atoms with Crippen molar-refractivity contribution < 1.29 is 27.6 Å². The minimum Gasteiger partial charge on any atom is -0.351 e. The minimum absolute atomic E-state index is 0.0662. The molecular weight excluding hydrogens is 363 g/mol. The molecule has 9 heteroatoms. The summed E-state index contributed by atoms with van der Waals surface area (Å²) in [6, 6.07) is 3.49. The number of ketones is 1. The number of hydrogen-bond donors (Lipinski definition) is 3. The number of hydrogen-bond acceptors (Lipinski definition) is 4. The lowest BCUT2D eigenvalue weighted by Crippen LogP contribution is -2.50. The summed E-state index contributed by atoms with van der Waals surface area (Å²) in [7, 11) is 0. The van der Waals surface area contributed by atoms with Gasteiger partial charge in [-0.1, -0.05) is 6.07 Å². The smallest absolute Gasteiger partial charge is 0.351 e. The van der Waals surface area contributed by atoms with Crippen LogP contribution in [0.4, 0.5) is 13.2 Å². The van der Waals surface area contributed by atoms with Gasteiger partial charge in [-0.2, -0.15) is 13.2 Å². The lowest BCUT2D eigenvalue weighted by Gasteiger charge is -2.33. The highest BCUT2D eigenvalue weighted by atomic mass is 19.4. The number of benzene rings is 1. The highest BCUT2D eigenvalue weighted by Crippen LogP contribution is 2.29. The van der Waals surface area contributed by atoms with Crippen LogP contribution in [-0.4, -0.2) is 36.2 Å². The number of alkyl halides is 3. The molecule has 0 radical (unpaired) electrons. The van der Waals surface area contributed by atoms with E-state index in [1.807, 2.05) is 0 Å². The van der Waals surface area contributed by atoms with Crippen LogP contribution in [0.3, 0.4) is 0 Å². The van der Waals surface area contributed by atoms with Gasteiger partial charge in [0.2, 0.25) is 5.91 Å². The summed E-state index contributed by atoms with van der Waals surface area (Å²) < 4.78 is 38.1. The van der Waals surface area contributed by atoms with Crippen molar-refractivity contribution in [1.29, 1.82) is 0 Å². The van der Waals surface area contributed by atoms with Crippen molar-refractivity contribution in [3.05, 3.63) is 35.4 Å². The number of Topliss-reactive ketones (excluding diaryl/α,β-unsaturated/α-hetero) is 1. The van der Waals surface area contributed by atoms with Gasteiger partial charge in [0, 0.05) is 23.6 Å². The maximum absolute atomic E-state index is 12.7. The molecule has 148 valence electrons. The molecule has 27 heavy (non-hydrogen) atoms. The minimum atomic E-state index is -4.56. The van der Waals surface area contributed by atoms with Crippen molar-refractivity contribution in [2.75, 3.05) is 6.54 Å². The van der Waals surface area contributed by atoms with Crippen LogP contribution in [0.2, 0.25) is 0 Å². The summed E-state index contributed by atoms with van der Waals surface area (Å²) in [5, 5.41) is 5.00. The van der Waals surface area contributed by atoms with E-state index in [1.165, 1.54) is 13.0 Å². The van der Waals surface area contributed by atoms with Crippen LogP contribution in [0.15, 0.2) is 24.3 Å². The first kappa shape index (κ1) is 20.9. The van der Waals surface area contributed by atoms with Gasteiger partial charge < -0.3 is 16.4 Å². The van der Waals surface area contributed by atoms with E-state index in [4.69, 9.17) is 5.73 Å². The van der Waals surface area contributed by atoms with E-state index in [1.54, 1.807) is 0 Å². The first-order valence-electron chi connectivity index (χ1n) is 8.58. The Hall–Kier alpha value is -2.42. The van der Waals surface area contributed by atoms with E-state index in [9.17, 15) is 27.6 Å². The molecule has 1 aromatic carbocycles. The Morgan fingerprint density at radius 3 is 2.56 bits per heavy atom. The summed E-state index contributed by atoms with van der Waals surface area (Å²) >= 11 is 0. The summed E-state index contributed by atoms with van der Waals surface area (Å²) in [6.07, 6.45) is -2.85. The first-order valence-corrected chi connectivity index (χ1v) is 8.58. The van der Waals surface area contributed by atoms with E-state index in [2.05, 4.69) is 10.6 Å². The molecule has 1 fully saturated rings. The molecule has 0 aliphatic heterocycles. The second-order valence-corrected chi connectivity index (χ2v) is 6.73. The molecule has 1 saturated carbocycles. The molecule has 1 aliphatic rings.